The summed E-state index contributed by atoms with van der Waals surface area (Å²) in [5, 5.41) is 0. The monoisotopic (exact) mass is 281 g/mol. The average molecular weight is 281 g/mol. The molecule has 2 rings (SSSR count). The number of benzene rings is 2. The predicted molar refractivity (Wildman–Crippen MR) is 89.9 cm³/mol. The molecule has 0 radical (unpaired) electrons. The van der Waals surface area contributed by atoms with Crippen LogP contribution >= 0.6 is 0 Å². The molecule has 0 aliphatic heterocycles. The Bertz CT molecular complexity index is 555. The normalized spacial score (nSPS) is 11.0. The maximum atomic E-state index is 5.69. The molecule has 0 N–H and O–H groups in total. The van der Waals surface area contributed by atoms with Gasteiger partial charge >= 0.3 is 0 Å². The van der Waals surface area contributed by atoms with E-state index in [4.69, 9.17) is 4.74 Å². The summed E-state index contributed by atoms with van der Waals surface area (Å²) in [7, 11) is 0. The zero-order valence-electron chi connectivity index (χ0n) is 12.9. The van der Waals surface area contributed by atoms with Gasteiger partial charge in [-0.3, -0.25) is 4.99 Å². The zero-order chi connectivity index (χ0) is 14.9. The van der Waals surface area contributed by atoms with E-state index in [1.807, 2.05) is 42.6 Å². The zero-order valence-corrected chi connectivity index (χ0v) is 12.9. The van der Waals surface area contributed by atoms with Gasteiger partial charge in [-0.1, -0.05) is 37.5 Å². The fraction of sp³-hybridized carbons (Fsp3) is 0.316. The van der Waals surface area contributed by atoms with Crippen LogP contribution < -0.4 is 4.74 Å². The molecule has 0 aromatic heterocycles. The van der Waals surface area contributed by atoms with Crippen molar-refractivity contribution >= 4 is 11.9 Å². The lowest BCUT2D eigenvalue weighted by Crippen LogP contribution is -1.96. The fourth-order valence-electron chi connectivity index (χ4n) is 1.97. The van der Waals surface area contributed by atoms with Crippen LogP contribution in [0.2, 0.25) is 0 Å². The molecule has 0 atom stereocenters. The van der Waals surface area contributed by atoms with Gasteiger partial charge < -0.3 is 4.74 Å². The smallest absolute Gasteiger partial charge is 0.119 e. The Labute approximate surface area is 127 Å². The van der Waals surface area contributed by atoms with E-state index in [9.17, 15) is 0 Å². The first-order valence-corrected chi connectivity index (χ1v) is 7.61. The van der Waals surface area contributed by atoms with Gasteiger partial charge in [0.05, 0.1) is 12.3 Å². The number of hydrogen-bond donors (Lipinski definition) is 0. The largest absolute Gasteiger partial charge is 0.494 e. The molecular weight excluding hydrogens is 258 g/mol. The highest BCUT2D eigenvalue weighted by molar-refractivity contribution is 5.82. The molecule has 0 saturated carbocycles. The first-order chi connectivity index (χ1) is 10.3. The lowest BCUT2D eigenvalue weighted by atomic mass is 10.2. The van der Waals surface area contributed by atoms with Gasteiger partial charge in [-0.15, -0.1) is 0 Å². The molecule has 0 bridgehead atoms. The summed E-state index contributed by atoms with van der Waals surface area (Å²) in [6, 6.07) is 16.3. The molecule has 2 heteroatoms. The maximum Gasteiger partial charge on any atom is 0.119 e. The summed E-state index contributed by atoms with van der Waals surface area (Å²) >= 11 is 0. The Hall–Kier alpha value is -2.09. The van der Waals surface area contributed by atoms with Crippen molar-refractivity contribution in [2.45, 2.75) is 33.1 Å². The molecule has 2 aromatic carbocycles. The van der Waals surface area contributed by atoms with Crippen molar-refractivity contribution in [2.75, 3.05) is 6.61 Å². The van der Waals surface area contributed by atoms with Gasteiger partial charge in [0.2, 0.25) is 0 Å². The van der Waals surface area contributed by atoms with Crippen molar-refractivity contribution in [3.8, 4) is 5.75 Å². The van der Waals surface area contributed by atoms with E-state index in [2.05, 4.69) is 31.0 Å². The van der Waals surface area contributed by atoms with Gasteiger partial charge in [0, 0.05) is 6.21 Å². The lowest BCUT2D eigenvalue weighted by molar-refractivity contribution is 0.306. The number of aliphatic imine (C=N–C) groups is 1. The van der Waals surface area contributed by atoms with E-state index in [-0.39, 0.29) is 0 Å². The molecule has 21 heavy (non-hydrogen) atoms. The molecule has 0 saturated heterocycles. The van der Waals surface area contributed by atoms with E-state index >= 15 is 0 Å². The van der Waals surface area contributed by atoms with Crippen LogP contribution in [0.15, 0.2) is 53.5 Å². The van der Waals surface area contributed by atoms with Crippen LogP contribution in [0.4, 0.5) is 5.69 Å². The number of hydrogen-bond acceptors (Lipinski definition) is 2. The van der Waals surface area contributed by atoms with Gasteiger partial charge in [-0.2, -0.15) is 0 Å². The molecule has 0 aliphatic carbocycles. The van der Waals surface area contributed by atoms with E-state index in [1.165, 1.54) is 18.4 Å². The van der Waals surface area contributed by atoms with E-state index in [0.717, 1.165) is 30.0 Å². The minimum Gasteiger partial charge on any atom is -0.494 e. The maximum absolute atomic E-state index is 5.69. The predicted octanol–water partition coefficient (Wildman–Crippen LogP) is 5.31. The highest BCUT2D eigenvalue weighted by atomic mass is 16.5. The van der Waals surface area contributed by atoms with E-state index in [0.29, 0.717) is 0 Å². The minimum absolute atomic E-state index is 0.796. The summed E-state index contributed by atoms with van der Waals surface area (Å²) in [5.41, 5.74) is 3.30. The molecule has 0 unspecified atom stereocenters. The minimum atomic E-state index is 0.796. The first kappa shape index (κ1) is 15.3. The fourth-order valence-corrected chi connectivity index (χ4v) is 1.97. The lowest BCUT2D eigenvalue weighted by Gasteiger charge is -2.05. The number of aryl methyl sites for hydroxylation is 1. The van der Waals surface area contributed by atoms with Crippen LogP contribution in [-0.4, -0.2) is 12.8 Å². The highest BCUT2D eigenvalue weighted by Crippen LogP contribution is 2.15. The quantitative estimate of drug-likeness (QED) is 0.497. The Kier molecular flexibility index (Phi) is 6.01. The van der Waals surface area contributed by atoms with Crippen molar-refractivity contribution in [2.24, 2.45) is 4.99 Å². The molecular formula is C19H23NO. The molecule has 0 amide bonds. The van der Waals surface area contributed by atoms with Crippen molar-refractivity contribution in [3.63, 3.8) is 0 Å². The van der Waals surface area contributed by atoms with Crippen LogP contribution in [0.3, 0.4) is 0 Å². The summed E-state index contributed by atoms with van der Waals surface area (Å²) in [6.07, 6.45) is 5.44. The third-order valence-electron chi connectivity index (χ3n) is 3.29. The summed E-state index contributed by atoms with van der Waals surface area (Å²) < 4.78 is 5.69. The molecule has 2 aromatic rings. The third-order valence-corrected chi connectivity index (χ3v) is 3.29. The second-order valence-corrected chi connectivity index (χ2v) is 5.22. The Morgan fingerprint density at radius 1 is 0.952 bits per heavy atom. The number of nitrogens with zero attached hydrogens (tertiary/aromatic N) is 1. The first-order valence-electron chi connectivity index (χ1n) is 7.61. The van der Waals surface area contributed by atoms with Crippen LogP contribution in [0, 0.1) is 6.92 Å². The van der Waals surface area contributed by atoms with Crippen LogP contribution in [0.25, 0.3) is 0 Å². The molecule has 2 nitrogen and oxygen atoms in total. The summed E-state index contributed by atoms with van der Waals surface area (Å²) in [5.74, 6) is 0.929. The SMILES string of the molecule is CCCCCOc1ccc(/C=N\c2ccc(C)cc2)cc1. The molecule has 110 valence electrons. The van der Waals surface area contributed by atoms with Crippen molar-refractivity contribution in [3.05, 3.63) is 59.7 Å². The second-order valence-electron chi connectivity index (χ2n) is 5.22. The standard InChI is InChI=1S/C19H23NO/c1-3-4-5-14-21-19-12-8-17(9-13-19)15-20-18-10-6-16(2)7-11-18/h6-13,15H,3-5,14H2,1-2H3/b20-15-. The highest BCUT2D eigenvalue weighted by Gasteiger charge is 1.94. The van der Waals surface area contributed by atoms with Crippen molar-refractivity contribution in [1.82, 2.24) is 0 Å². The van der Waals surface area contributed by atoms with Gasteiger partial charge in [0.15, 0.2) is 0 Å². The summed E-state index contributed by atoms with van der Waals surface area (Å²) in [6.45, 7) is 5.07. The van der Waals surface area contributed by atoms with E-state index in [1.54, 1.807) is 0 Å². The topological polar surface area (TPSA) is 21.6 Å². The van der Waals surface area contributed by atoms with Crippen LogP contribution in [0.1, 0.15) is 37.3 Å². The Morgan fingerprint density at radius 3 is 2.33 bits per heavy atom. The number of unbranched alkanes of at least 4 members (excludes halogenated alkanes) is 2. The van der Waals surface area contributed by atoms with Crippen molar-refractivity contribution < 1.29 is 4.74 Å². The van der Waals surface area contributed by atoms with E-state index < -0.39 is 0 Å². The van der Waals surface area contributed by atoms with Crippen LogP contribution in [0.5, 0.6) is 5.75 Å². The molecule has 0 heterocycles. The van der Waals surface area contributed by atoms with Gasteiger partial charge in [-0.25, -0.2) is 0 Å². The molecule has 0 aliphatic rings. The molecule has 0 spiro atoms. The van der Waals surface area contributed by atoms with Gasteiger partial charge in [0.25, 0.3) is 0 Å². The number of ether oxygens (including phenoxy) is 1. The average Bonchev–Trinajstić information content (AvgIpc) is 2.52. The van der Waals surface area contributed by atoms with Gasteiger partial charge in [-0.05, 0) is 55.3 Å². The Morgan fingerprint density at radius 2 is 1.67 bits per heavy atom. The second kappa shape index (κ2) is 8.25. The Balaban J connectivity index is 1.88. The molecule has 0 fully saturated rings. The third kappa shape index (κ3) is 5.42. The number of rotatable bonds is 7. The van der Waals surface area contributed by atoms with Crippen molar-refractivity contribution in [1.29, 1.82) is 0 Å². The van der Waals surface area contributed by atoms with Crippen LogP contribution in [-0.2, 0) is 0 Å². The summed E-state index contributed by atoms with van der Waals surface area (Å²) in [4.78, 5) is 4.47. The van der Waals surface area contributed by atoms with Gasteiger partial charge in [0.1, 0.15) is 5.75 Å².